The van der Waals surface area contributed by atoms with Crippen molar-refractivity contribution in [3.63, 3.8) is 0 Å². The van der Waals surface area contributed by atoms with Crippen LogP contribution in [0.3, 0.4) is 0 Å². The third kappa shape index (κ3) is 4.14. The molecule has 0 radical (unpaired) electrons. The van der Waals surface area contributed by atoms with Gasteiger partial charge < -0.3 is 0 Å². The Morgan fingerprint density at radius 3 is 2.88 bits per heavy atom. The Bertz CT molecular complexity index is 402. The van der Waals surface area contributed by atoms with E-state index in [0.717, 1.165) is 23.0 Å². The Hall–Kier alpha value is -1.16. The molecule has 0 fully saturated rings. The van der Waals surface area contributed by atoms with E-state index >= 15 is 0 Å². The summed E-state index contributed by atoms with van der Waals surface area (Å²) in [6.45, 7) is 3.99. The molecule has 4 heteroatoms. The molecule has 0 atom stereocenters. The lowest BCUT2D eigenvalue weighted by Gasteiger charge is -2.02. The maximum atomic E-state index is 11.7. The van der Waals surface area contributed by atoms with Gasteiger partial charge in [0.2, 0.25) is 0 Å². The van der Waals surface area contributed by atoms with Crippen molar-refractivity contribution in [1.29, 1.82) is 0 Å². The Labute approximate surface area is 104 Å². The second-order valence-electron chi connectivity index (χ2n) is 3.55. The molecule has 0 saturated heterocycles. The summed E-state index contributed by atoms with van der Waals surface area (Å²) < 4.78 is 0.884. The first-order valence-electron chi connectivity index (χ1n) is 5.22. The minimum absolute atomic E-state index is 0.184. The highest BCUT2D eigenvalue weighted by atomic mass is 79.9. The van der Waals surface area contributed by atoms with Crippen molar-refractivity contribution in [2.24, 2.45) is 5.10 Å². The summed E-state index contributed by atoms with van der Waals surface area (Å²) in [6, 6.07) is 7.22. The van der Waals surface area contributed by atoms with E-state index in [-0.39, 0.29) is 5.91 Å². The van der Waals surface area contributed by atoms with Gasteiger partial charge in [-0.2, -0.15) is 5.10 Å². The lowest BCUT2D eigenvalue weighted by molar-refractivity contribution is 0.0954. The van der Waals surface area contributed by atoms with E-state index in [4.69, 9.17) is 0 Å². The lowest BCUT2D eigenvalue weighted by atomic mass is 10.2. The molecular formula is C12H15BrN2O. The maximum Gasteiger partial charge on any atom is 0.271 e. The number of hydrazone groups is 1. The van der Waals surface area contributed by atoms with Gasteiger partial charge >= 0.3 is 0 Å². The molecule has 0 saturated carbocycles. The second kappa shape index (κ2) is 6.43. The highest BCUT2D eigenvalue weighted by Gasteiger charge is 2.04. The number of carbonyl (C=O) groups excluding carboxylic acids is 1. The van der Waals surface area contributed by atoms with Crippen LogP contribution in [-0.2, 0) is 0 Å². The number of carbonyl (C=O) groups is 1. The molecule has 16 heavy (non-hydrogen) atoms. The molecule has 86 valence electrons. The van der Waals surface area contributed by atoms with Gasteiger partial charge in [0.05, 0.1) is 0 Å². The first-order valence-corrected chi connectivity index (χ1v) is 6.02. The van der Waals surface area contributed by atoms with Crippen molar-refractivity contribution in [3.05, 3.63) is 34.3 Å². The van der Waals surface area contributed by atoms with Crippen LogP contribution in [0.15, 0.2) is 33.8 Å². The fraction of sp³-hybridized carbons (Fsp3) is 0.333. The normalized spacial score (nSPS) is 11.3. The minimum Gasteiger partial charge on any atom is -0.267 e. The van der Waals surface area contributed by atoms with Crippen LogP contribution in [0.25, 0.3) is 0 Å². The zero-order chi connectivity index (χ0) is 12.0. The number of halogens is 1. The first kappa shape index (κ1) is 12.9. The topological polar surface area (TPSA) is 41.5 Å². The second-order valence-corrected chi connectivity index (χ2v) is 4.46. The lowest BCUT2D eigenvalue weighted by Crippen LogP contribution is -2.18. The van der Waals surface area contributed by atoms with E-state index in [1.807, 2.05) is 19.1 Å². The number of rotatable bonds is 4. The molecule has 0 unspecified atom stereocenters. The quantitative estimate of drug-likeness (QED) is 0.668. The van der Waals surface area contributed by atoms with Crippen molar-refractivity contribution in [1.82, 2.24) is 5.43 Å². The van der Waals surface area contributed by atoms with Crippen LogP contribution in [0.1, 0.15) is 37.0 Å². The van der Waals surface area contributed by atoms with Crippen LogP contribution in [0.2, 0.25) is 0 Å². The van der Waals surface area contributed by atoms with E-state index in [0.29, 0.717) is 5.56 Å². The Kier molecular flexibility index (Phi) is 5.19. The van der Waals surface area contributed by atoms with Crippen molar-refractivity contribution in [3.8, 4) is 0 Å². The molecule has 1 amide bonds. The van der Waals surface area contributed by atoms with Gasteiger partial charge in [-0.05, 0) is 31.5 Å². The molecule has 0 aliphatic heterocycles. The van der Waals surface area contributed by atoms with Crippen LogP contribution in [0.5, 0.6) is 0 Å². The molecule has 0 spiro atoms. The van der Waals surface area contributed by atoms with E-state index in [1.165, 1.54) is 0 Å². The predicted octanol–water partition coefficient (Wildman–Crippen LogP) is 3.35. The zero-order valence-corrected chi connectivity index (χ0v) is 11.0. The number of benzene rings is 1. The standard InChI is InChI=1S/C12H15BrN2O/c1-3-5-9(2)14-15-12(16)10-6-4-7-11(13)8-10/h4,6-8H,3,5H2,1-2H3,(H,15,16). The molecule has 0 aliphatic rings. The van der Waals surface area contributed by atoms with E-state index < -0.39 is 0 Å². The number of hydrogen-bond donors (Lipinski definition) is 1. The summed E-state index contributed by atoms with van der Waals surface area (Å²) in [5.41, 5.74) is 4.07. The molecule has 3 nitrogen and oxygen atoms in total. The van der Waals surface area contributed by atoms with Crippen LogP contribution in [-0.4, -0.2) is 11.6 Å². The predicted molar refractivity (Wildman–Crippen MR) is 69.6 cm³/mol. The summed E-state index contributed by atoms with van der Waals surface area (Å²) in [5.74, 6) is -0.184. The van der Waals surface area contributed by atoms with Gasteiger partial charge in [-0.15, -0.1) is 0 Å². The summed E-state index contributed by atoms with van der Waals surface area (Å²) in [5, 5.41) is 4.02. The number of amides is 1. The fourth-order valence-electron chi connectivity index (χ4n) is 1.26. The molecule has 1 rings (SSSR count). The van der Waals surface area contributed by atoms with Gasteiger partial charge in [-0.25, -0.2) is 5.43 Å². The first-order chi connectivity index (χ1) is 7.63. The Morgan fingerprint density at radius 2 is 2.25 bits per heavy atom. The fourth-order valence-corrected chi connectivity index (χ4v) is 1.66. The third-order valence-electron chi connectivity index (χ3n) is 2.05. The largest absolute Gasteiger partial charge is 0.271 e. The van der Waals surface area contributed by atoms with Gasteiger partial charge in [0.25, 0.3) is 5.91 Å². The van der Waals surface area contributed by atoms with Gasteiger partial charge in [0.1, 0.15) is 0 Å². The monoisotopic (exact) mass is 282 g/mol. The molecule has 0 heterocycles. The van der Waals surface area contributed by atoms with Crippen molar-refractivity contribution >= 4 is 27.5 Å². The molecule has 1 aromatic carbocycles. The van der Waals surface area contributed by atoms with Gasteiger partial charge in [0, 0.05) is 15.7 Å². The summed E-state index contributed by atoms with van der Waals surface area (Å²) in [6.07, 6.45) is 1.93. The van der Waals surface area contributed by atoms with Crippen molar-refractivity contribution < 1.29 is 4.79 Å². The molecular weight excluding hydrogens is 268 g/mol. The van der Waals surface area contributed by atoms with Crippen molar-refractivity contribution in [2.75, 3.05) is 0 Å². The van der Waals surface area contributed by atoms with E-state index in [2.05, 4.69) is 33.4 Å². The van der Waals surface area contributed by atoms with Gasteiger partial charge in [-0.3, -0.25) is 4.79 Å². The average molecular weight is 283 g/mol. The summed E-state index contributed by atoms with van der Waals surface area (Å²) in [7, 11) is 0. The highest BCUT2D eigenvalue weighted by molar-refractivity contribution is 9.10. The van der Waals surface area contributed by atoms with Gasteiger partial charge in [0.15, 0.2) is 0 Å². The molecule has 0 aromatic heterocycles. The van der Waals surface area contributed by atoms with Crippen LogP contribution >= 0.6 is 15.9 Å². The minimum atomic E-state index is -0.184. The van der Waals surface area contributed by atoms with Gasteiger partial charge in [-0.1, -0.05) is 35.3 Å². The maximum absolute atomic E-state index is 11.7. The Balaban J connectivity index is 2.63. The molecule has 0 bridgehead atoms. The summed E-state index contributed by atoms with van der Waals surface area (Å²) in [4.78, 5) is 11.7. The number of nitrogens with one attached hydrogen (secondary N) is 1. The third-order valence-corrected chi connectivity index (χ3v) is 2.54. The number of nitrogens with zero attached hydrogens (tertiary/aromatic N) is 1. The Morgan fingerprint density at radius 1 is 1.50 bits per heavy atom. The van der Waals surface area contributed by atoms with Crippen molar-refractivity contribution in [2.45, 2.75) is 26.7 Å². The van der Waals surface area contributed by atoms with Crippen LogP contribution in [0, 0.1) is 0 Å². The number of hydrogen-bond acceptors (Lipinski definition) is 2. The SMILES string of the molecule is CCCC(C)=NNC(=O)c1cccc(Br)c1. The van der Waals surface area contributed by atoms with Crippen LogP contribution in [0.4, 0.5) is 0 Å². The van der Waals surface area contributed by atoms with E-state index in [1.54, 1.807) is 12.1 Å². The molecule has 0 aliphatic carbocycles. The van der Waals surface area contributed by atoms with Crippen LogP contribution < -0.4 is 5.43 Å². The average Bonchev–Trinajstić information content (AvgIpc) is 2.26. The molecule has 1 aromatic rings. The zero-order valence-electron chi connectivity index (χ0n) is 9.46. The summed E-state index contributed by atoms with van der Waals surface area (Å²) >= 11 is 3.32. The smallest absolute Gasteiger partial charge is 0.267 e. The highest BCUT2D eigenvalue weighted by Crippen LogP contribution is 2.11. The van der Waals surface area contributed by atoms with E-state index in [9.17, 15) is 4.79 Å². The molecule has 1 N–H and O–H groups in total.